The van der Waals surface area contributed by atoms with Crippen LogP contribution in [0.1, 0.15) is 71.3 Å². The van der Waals surface area contributed by atoms with E-state index in [2.05, 4.69) is 62.3 Å². The van der Waals surface area contributed by atoms with Gasteiger partial charge in [0.1, 0.15) is 0 Å². The molecule has 0 bridgehead atoms. The van der Waals surface area contributed by atoms with Crippen molar-refractivity contribution in [1.29, 1.82) is 0 Å². The first kappa shape index (κ1) is 19.9. The Morgan fingerprint density at radius 1 is 1.03 bits per heavy atom. The van der Waals surface area contributed by atoms with Crippen LogP contribution in [-0.2, 0) is 4.74 Å². The molecule has 5 unspecified atom stereocenters. The molecular weight excluding hydrogens is 368 g/mol. The van der Waals surface area contributed by atoms with Crippen molar-refractivity contribution >= 4 is 11.3 Å². The highest BCUT2D eigenvalue weighted by molar-refractivity contribution is 5.92. The number of allylic oxidation sites excluding steroid dienone is 4. The molecule has 0 aromatic heterocycles. The minimum atomic E-state index is 0.201. The normalized spacial score (nSPS) is 39.2. The second-order valence-corrected chi connectivity index (χ2v) is 10.4. The van der Waals surface area contributed by atoms with Gasteiger partial charge >= 0.3 is 0 Å². The summed E-state index contributed by atoms with van der Waals surface area (Å²) in [7, 11) is 0. The molecule has 3 nitrogen and oxygen atoms in total. The van der Waals surface area contributed by atoms with Crippen molar-refractivity contribution in [3.05, 3.63) is 53.3 Å². The minimum absolute atomic E-state index is 0.201. The molecule has 0 saturated heterocycles. The number of nitrogens with two attached hydrogens (primary N) is 1. The summed E-state index contributed by atoms with van der Waals surface area (Å²) < 4.78 is 6.01. The van der Waals surface area contributed by atoms with Crippen molar-refractivity contribution < 1.29 is 4.74 Å². The maximum Gasteiger partial charge on any atom is 0.0962 e. The van der Waals surface area contributed by atoms with Crippen LogP contribution >= 0.6 is 0 Å². The fraction of sp³-hybridized carbons (Fsp3) is 0.593. The molecule has 4 aliphatic carbocycles. The zero-order valence-electron chi connectivity index (χ0n) is 18.8. The maximum atomic E-state index is 6.01. The largest absolute Gasteiger partial charge is 0.498 e. The quantitative estimate of drug-likeness (QED) is 0.473. The van der Waals surface area contributed by atoms with Crippen LogP contribution in [0, 0.1) is 28.6 Å². The summed E-state index contributed by atoms with van der Waals surface area (Å²) in [6, 6.07) is 11.1. The van der Waals surface area contributed by atoms with Crippen molar-refractivity contribution in [3.63, 3.8) is 0 Å². The van der Waals surface area contributed by atoms with Gasteiger partial charge in [0, 0.05) is 17.5 Å². The molecule has 2 fully saturated rings. The third-order valence-electron chi connectivity index (χ3n) is 9.18. The first-order valence-electron chi connectivity index (χ1n) is 11.9. The summed E-state index contributed by atoms with van der Waals surface area (Å²) in [6.07, 6.45) is 10.7. The Balaban J connectivity index is 1.64. The number of fused-ring (bicyclic) bond motifs is 5. The molecule has 30 heavy (non-hydrogen) atoms. The van der Waals surface area contributed by atoms with Crippen LogP contribution in [0.5, 0.6) is 0 Å². The lowest BCUT2D eigenvalue weighted by atomic mass is 9.47. The molecule has 0 spiro atoms. The second-order valence-electron chi connectivity index (χ2n) is 10.4. The predicted octanol–water partition coefficient (Wildman–Crippen LogP) is 6.32. The van der Waals surface area contributed by atoms with Crippen LogP contribution in [0.25, 0.3) is 5.57 Å². The summed E-state index contributed by atoms with van der Waals surface area (Å²) >= 11 is 0. The molecule has 0 radical (unpaired) electrons. The highest BCUT2D eigenvalue weighted by Crippen LogP contribution is 2.66. The summed E-state index contributed by atoms with van der Waals surface area (Å²) in [5.41, 5.74) is 6.21. The number of rotatable bonds is 3. The molecule has 1 aromatic rings. The third kappa shape index (κ3) is 2.81. The van der Waals surface area contributed by atoms with E-state index in [-0.39, 0.29) is 10.8 Å². The van der Waals surface area contributed by atoms with Crippen LogP contribution in [0.4, 0.5) is 0 Å². The van der Waals surface area contributed by atoms with E-state index < -0.39 is 0 Å². The number of benzene rings is 1. The van der Waals surface area contributed by atoms with Crippen LogP contribution in [0.2, 0.25) is 0 Å². The first-order chi connectivity index (χ1) is 14.5. The Kier molecular flexibility index (Phi) is 4.83. The Labute approximate surface area is 181 Å². The van der Waals surface area contributed by atoms with Gasteiger partial charge in [-0.3, -0.25) is 0 Å². The van der Waals surface area contributed by atoms with Gasteiger partial charge in [-0.25, -0.2) is 0 Å². The number of hydrogen-bond donors (Lipinski definition) is 1. The molecule has 0 aliphatic heterocycles. The zero-order chi connectivity index (χ0) is 20.9. The van der Waals surface area contributed by atoms with E-state index in [0.717, 1.165) is 25.4 Å². The monoisotopic (exact) mass is 404 g/mol. The highest BCUT2D eigenvalue weighted by atomic mass is 16.5. The Hall–Kier alpha value is -2.03. The van der Waals surface area contributed by atoms with E-state index in [1.165, 1.54) is 49.1 Å². The molecule has 5 atom stereocenters. The molecular formula is C27H36N2O. The molecule has 2 N–H and O–H groups in total. The van der Waals surface area contributed by atoms with Crippen LogP contribution < -0.4 is 5.84 Å². The Morgan fingerprint density at radius 2 is 1.80 bits per heavy atom. The fourth-order valence-electron chi connectivity index (χ4n) is 7.65. The van der Waals surface area contributed by atoms with Gasteiger partial charge in [-0.05, 0) is 91.4 Å². The fourth-order valence-corrected chi connectivity index (χ4v) is 7.65. The molecule has 1 aromatic carbocycles. The molecule has 2 saturated carbocycles. The van der Waals surface area contributed by atoms with Crippen molar-refractivity contribution in [2.45, 2.75) is 65.7 Å². The van der Waals surface area contributed by atoms with Crippen LogP contribution in [0.15, 0.2) is 52.8 Å². The van der Waals surface area contributed by atoms with E-state index >= 15 is 0 Å². The second kappa shape index (κ2) is 7.28. The van der Waals surface area contributed by atoms with E-state index in [9.17, 15) is 0 Å². The van der Waals surface area contributed by atoms with Gasteiger partial charge in [-0.15, -0.1) is 0 Å². The van der Waals surface area contributed by atoms with Crippen molar-refractivity contribution in [1.82, 2.24) is 0 Å². The van der Waals surface area contributed by atoms with E-state index in [1.807, 2.05) is 0 Å². The number of hydrogen-bond acceptors (Lipinski definition) is 3. The first-order valence-corrected chi connectivity index (χ1v) is 11.9. The van der Waals surface area contributed by atoms with Crippen molar-refractivity contribution in [2.24, 2.45) is 39.5 Å². The van der Waals surface area contributed by atoms with E-state index in [1.54, 1.807) is 11.1 Å². The average molecular weight is 405 g/mol. The van der Waals surface area contributed by atoms with Crippen LogP contribution in [-0.4, -0.2) is 12.3 Å². The SMILES string of the molecule is CCOC1=CC2=C(c3ccccc3)CC3C4CCC(=NN)C4(C)CCC3C2(C)CC1. The molecule has 160 valence electrons. The van der Waals surface area contributed by atoms with Gasteiger partial charge in [0.15, 0.2) is 0 Å². The van der Waals surface area contributed by atoms with Gasteiger partial charge in [0.2, 0.25) is 0 Å². The van der Waals surface area contributed by atoms with Gasteiger partial charge in [-0.1, -0.05) is 44.2 Å². The molecule has 4 aliphatic rings. The predicted molar refractivity (Wildman–Crippen MR) is 124 cm³/mol. The lowest BCUT2D eigenvalue weighted by Gasteiger charge is -2.57. The molecule has 3 heteroatoms. The molecule has 0 amide bonds. The minimum Gasteiger partial charge on any atom is -0.498 e. The number of nitrogens with zero attached hydrogens (tertiary/aromatic N) is 1. The Bertz CT molecular complexity index is 914. The van der Waals surface area contributed by atoms with Gasteiger partial charge in [-0.2, -0.15) is 5.10 Å². The summed E-state index contributed by atoms with van der Waals surface area (Å²) in [5.74, 6) is 9.19. The maximum absolute atomic E-state index is 6.01. The average Bonchev–Trinajstić information content (AvgIpc) is 3.11. The highest BCUT2D eigenvalue weighted by Gasteiger charge is 2.58. The Morgan fingerprint density at radius 3 is 2.53 bits per heavy atom. The van der Waals surface area contributed by atoms with E-state index in [4.69, 9.17) is 10.6 Å². The van der Waals surface area contributed by atoms with Crippen LogP contribution in [0.3, 0.4) is 0 Å². The lowest BCUT2D eigenvalue weighted by Crippen LogP contribution is -2.50. The van der Waals surface area contributed by atoms with Crippen molar-refractivity contribution in [2.75, 3.05) is 6.61 Å². The number of hydrazone groups is 1. The van der Waals surface area contributed by atoms with Gasteiger partial charge in [0.05, 0.1) is 12.4 Å². The topological polar surface area (TPSA) is 47.6 Å². The van der Waals surface area contributed by atoms with Gasteiger partial charge < -0.3 is 10.6 Å². The third-order valence-corrected chi connectivity index (χ3v) is 9.18. The number of ether oxygens (including phenoxy) is 1. The van der Waals surface area contributed by atoms with Crippen molar-refractivity contribution in [3.8, 4) is 0 Å². The lowest BCUT2D eigenvalue weighted by molar-refractivity contribution is 0.00148. The summed E-state index contributed by atoms with van der Waals surface area (Å²) in [4.78, 5) is 0. The van der Waals surface area contributed by atoms with Gasteiger partial charge in [0.25, 0.3) is 0 Å². The zero-order valence-corrected chi connectivity index (χ0v) is 18.8. The smallest absolute Gasteiger partial charge is 0.0962 e. The molecule has 0 heterocycles. The van der Waals surface area contributed by atoms with E-state index in [0.29, 0.717) is 11.8 Å². The summed E-state index contributed by atoms with van der Waals surface area (Å²) in [6.45, 7) is 7.85. The molecule has 5 rings (SSSR count). The standard InChI is InChI=1S/C27H36N2O/c1-4-30-19-12-14-26(2)23-13-15-27(3)22(10-11-25(27)29-28)21(23)17-20(24(26)16-19)18-8-6-5-7-9-18/h5-9,16,21-23H,4,10-15,17,28H2,1-3H3. The summed E-state index contributed by atoms with van der Waals surface area (Å²) in [5, 5.41) is 4.27.